The molecule has 2 N–H and O–H groups in total. The molecule has 1 aromatic carbocycles. The van der Waals surface area contributed by atoms with Crippen molar-refractivity contribution in [2.24, 2.45) is 4.99 Å². The topological polar surface area (TPSA) is 58.5 Å². The van der Waals surface area contributed by atoms with Gasteiger partial charge >= 0.3 is 0 Å². The Balaban J connectivity index is 1.69. The minimum absolute atomic E-state index is 0.473. The maximum Gasteiger partial charge on any atom is 0.191 e. The quantitative estimate of drug-likeness (QED) is 0.465. The highest BCUT2D eigenvalue weighted by Gasteiger charge is 2.06. The first-order chi connectivity index (χ1) is 11.2. The van der Waals surface area contributed by atoms with Gasteiger partial charge in [0.1, 0.15) is 12.4 Å². The molecule has 0 unspecified atom stereocenters. The smallest absolute Gasteiger partial charge is 0.191 e. The number of hydrogen-bond donors (Lipinski definition) is 2. The van der Waals surface area contributed by atoms with Crippen LogP contribution in [0.5, 0.6) is 5.75 Å². The molecule has 1 aromatic heterocycles. The van der Waals surface area contributed by atoms with Crippen molar-refractivity contribution < 1.29 is 4.74 Å². The van der Waals surface area contributed by atoms with Crippen molar-refractivity contribution in [3.05, 3.63) is 46.4 Å². The van der Waals surface area contributed by atoms with Gasteiger partial charge in [-0.2, -0.15) is 0 Å². The van der Waals surface area contributed by atoms with Crippen LogP contribution in [0.2, 0.25) is 0 Å². The van der Waals surface area contributed by atoms with Gasteiger partial charge in [-0.05, 0) is 12.1 Å². The number of aromatic nitrogens is 1. The van der Waals surface area contributed by atoms with Crippen molar-refractivity contribution >= 4 is 17.3 Å². The molecule has 0 amide bonds. The molecule has 2 aromatic rings. The van der Waals surface area contributed by atoms with Crippen LogP contribution in [0, 0.1) is 0 Å². The second-order valence-corrected chi connectivity index (χ2v) is 6.24. The van der Waals surface area contributed by atoms with Gasteiger partial charge in [0, 0.05) is 18.3 Å². The molecule has 0 aliphatic carbocycles. The summed E-state index contributed by atoms with van der Waals surface area (Å²) < 4.78 is 5.64. The molecule has 0 aliphatic heterocycles. The molecule has 0 fully saturated rings. The highest BCUT2D eigenvalue weighted by atomic mass is 32.1. The molecule has 0 radical (unpaired) electrons. The number of aliphatic imine (C=N–C) groups is 1. The predicted octanol–water partition coefficient (Wildman–Crippen LogP) is 3.01. The molecule has 0 saturated heterocycles. The number of nitrogens with one attached hydrogen (secondary N) is 2. The summed E-state index contributed by atoms with van der Waals surface area (Å²) in [5, 5.41) is 9.75. The number of benzene rings is 1. The van der Waals surface area contributed by atoms with E-state index in [0.29, 0.717) is 25.6 Å². The molecule has 1 heterocycles. The van der Waals surface area contributed by atoms with Crippen molar-refractivity contribution in [1.29, 1.82) is 0 Å². The van der Waals surface area contributed by atoms with Crippen molar-refractivity contribution in [2.75, 3.05) is 20.2 Å². The van der Waals surface area contributed by atoms with E-state index in [2.05, 4.69) is 39.8 Å². The molecule has 0 aliphatic rings. The molecule has 0 atom stereocenters. The minimum Gasteiger partial charge on any atom is -0.492 e. The summed E-state index contributed by atoms with van der Waals surface area (Å²) in [4.78, 5) is 8.80. The van der Waals surface area contributed by atoms with E-state index in [0.717, 1.165) is 17.4 Å². The number of rotatable bonds is 7. The van der Waals surface area contributed by atoms with Crippen LogP contribution in [0.15, 0.2) is 40.7 Å². The summed E-state index contributed by atoms with van der Waals surface area (Å²) >= 11 is 1.70. The van der Waals surface area contributed by atoms with Crippen LogP contribution in [0.4, 0.5) is 0 Å². The molecule has 6 heteroatoms. The van der Waals surface area contributed by atoms with Crippen LogP contribution < -0.4 is 15.4 Å². The molecule has 0 bridgehead atoms. The van der Waals surface area contributed by atoms with Gasteiger partial charge in [0.2, 0.25) is 0 Å². The van der Waals surface area contributed by atoms with Crippen LogP contribution in [0.1, 0.15) is 30.5 Å². The average molecular weight is 332 g/mol. The van der Waals surface area contributed by atoms with E-state index in [9.17, 15) is 0 Å². The monoisotopic (exact) mass is 332 g/mol. The van der Waals surface area contributed by atoms with E-state index in [1.165, 1.54) is 5.01 Å². The maximum atomic E-state index is 5.64. The Hall–Kier alpha value is -2.08. The fourth-order valence-corrected chi connectivity index (χ4v) is 2.75. The zero-order chi connectivity index (χ0) is 16.5. The highest BCUT2D eigenvalue weighted by Crippen LogP contribution is 2.18. The van der Waals surface area contributed by atoms with E-state index < -0.39 is 0 Å². The van der Waals surface area contributed by atoms with Crippen LogP contribution in [0.3, 0.4) is 0 Å². The van der Waals surface area contributed by atoms with Gasteiger partial charge < -0.3 is 15.4 Å². The first-order valence-corrected chi connectivity index (χ1v) is 8.63. The average Bonchev–Trinajstić information content (AvgIpc) is 3.04. The van der Waals surface area contributed by atoms with Crippen molar-refractivity contribution in [1.82, 2.24) is 15.6 Å². The third-order valence-electron chi connectivity index (χ3n) is 3.13. The van der Waals surface area contributed by atoms with Gasteiger partial charge in [0.05, 0.1) is 23.8 Å². The molecule has 5 nitrogen and oxygen atoms in total. The summed E-state index contributed by atoms with van der Waals surface area (Å²) in [5.74, 6) is 2.10. The second kappa shape index (κ2) is 9.15. The van der Waals surface area contributed by atoms with E-state index in [1.54, 1.807) is 18.4 Å². The third-order valence-corrected chi connectivity index (χ3v) is 4.32. The number of hydrogen-bond acceptors (Lipinski definition) is 4. The summed E-state index contributed by atoms with van der Waals surface area (Å²) in [7, 11) is 1.76. The number of para-hydroxylation sites is 1. The molecule has 124 valence electrons. The van der Waals surface area contributed by atoms with Gasteiger partial charge in [-0.1, -0.05) is 32.0 Å². The Morgan fingerprint density at radius 2 is 2.04 bits per heavy atom. The number of ether oxygens (including phenoxy) is 1. The number of thiazole rings is 1. The highest BCUT2D eigenvalue weighted by molar-refractivity contribution is 7.09. The second-order valence-electron chi connectivity index (χ2n) is 5.35. The van der Waals surface area contributed by atoms with E-state index >= 15 is 0 Å². The van der Waals surface area contributed by atoms with E-state index in [4.69, 9.17) is 4.74 Å². The Morgan fingerprint density at radius 3 is 2.70 bits per heavy atom. The normalized spacial score (nSPS) is 11.6. The lowest BCUT2D eigenvalue weighted by molar-refractivity contribution is 0.322. The SMILES string of the molecule is CN=C(NCCOc1ccccc1)NCc1csc(C(C)C)n1. The largest absolute Gasteiger partial charge is 0.492 e. The van der Waals surface area contributed by atoms with Crippen LogP contribution in [-0.4, -0.2) is 31.1 Å². The lowest BCUT2D eigenvalue weighted by Crippen LogP contribution is -2.38. The van der Waals surface area contributed by atoms with Gasteiger partial charge in [0.25, 0.3) is 0 Å². The maximum absolute atomic E-state index is 5.64. The molecular formula is C17H24N4OS. The Bertz CT molecular complexity index is 610. The number of guanidine groups is 1. The summed E-state index contributed by atoms with van der Waals surface area (Å²) in [6.45, 7) is 6.25. The van der Waals surface area contributed by atoms with E-state index in [1.807, 2.05) is 30.3 Å². The Labute approximate surface area is 141 Å². The zero-order valence-corrected chi connectivity index (χ0v) is 14.7. The summed E-state index contributed by atoms with van der Waals surface area (Å²) in [5.41, 5.74) is 1.04. The fourth-order valence-electron chi connectivity index (χ4n) is 1.92. The summed E-state index contributed by atoms with van der Waals surface area (Å²) in [6, 6.07) is 9.79. The third kappa shape index (κ3) is 5.90. The lowest BCUT2D eigenvalue weighted by Gasteiger charge is -2.11. The molecule has 2 rings (SSSR count). The zero-order valence-electron chi connectivity index (χ0n) is 13.9. The van der Waals surface area contributed by atoms with Crippen molar-refractivity contribution in [2.45, 2.75) is 26.3 Å². The molecular weight excluding hydrogens is 308 g/mol. The fraction of sp³-hybridized carbons (Fsp3) is 0.412. The van der Waals surface area contributed by atoms with Gasteiger partial charge in [-0.3, -0.25) is 4.99 Å². The van der Waals surface area contributed by atoms with Gasteiger partial charge in [-0.25, -0.2) is 4.98 Å². The van der Waals surface area contributed by atoms with Gasteiger partial charge in [0.15, 0.2) is 5.96 Å². The summed E-state index contributed by atoms with van der Waals surface area (Å²) in [6.07, 6.45) is 0. The molecule has 0 spiro atoms. The first-order valence-electron chi connectivity index (χ1n) is 7.75. The van der Waals surface area contributed by atoms with Crippen LogP contribution in [-0.2, 0) is 6.54 Å². The van der Waals surface area contributed by atoms with Crippen LogP contribution in [0.25, 0.3) is 0 Å². The molecule has 0 saturated carbocycles. The van der Waals surface area contributed by atoms with Crippen molar-refractivity contribution in [3.63, 3.8) is 0 Å². The van der Waals surface area contributed by atoms with Crippen LogP contribution >= 0.6 is 11.3 Å². The van der Waals surface area contributed by atoms with Crippen molar-refractivity contribution in [3.8, 4) is 5.75 Å². The van der Waals surface area contributed by atoms with E-state index in [-0.39, 0.29) is 0 Å². The molecule has 23 heavy (non-hydrogen) atoms. The standard InChI is InChI=1S/C17H24N4OS/c1-13(2)16-21-14(12-23-16)11-20-17(18-3)19-9-10-22-15-7-5-4-6-8-15/h4-8,12-13H,9-11H2,1-3H3,(H2,18,19,20). The number of nitrogens with zero attached hydrogens (tertiary/aromatic N) is 2. The Morgan fingerprint density at radius 1 is 1.26 bits per heavy atom. The first kappa shape index (κ1) is 17.3. The minimum atomic E-state index is 0.473. The van der Waals surface area contributed by atoms with Gasteiger partial charge in [-0.15, -0.1) is 11.3 Å². The predicted molar refractivity (Wildman–Crippen MR) is 96.3 cm³/mol. The Kier molecular flexibility index (Phi) is 6.87. The lowest BCUT2D eigenvalue weighted by atomic mass is 10.2.